The Kier molecular flexibility index (Phi) is 7.12. The van der Waals surface area contributed by atoms with Gasteiger partial charge in [0.15, 0.2) is 11.5 Å². The molecule has 5 N–H and O–H groups in total. The fourth-order valence-electron chi connectivity index (χ4n) is 2.63. The number of thioether (sulfide) groups is 1. The van der Waals surface area contributed by atoms with Gasteiger partial charge in [-0.1, -0.05) is 23.9 Å². The second kappa shape index (κ2) is 9.76. The van der Waals surface area contributed by atoms with Crippen molar-refractivity contribution in [2.75, 3.05) is 19.9 Å². The molecule has 0 saturated carbocycles. The molecule has 0 amide bonds. The molecule has 152 valence electrons. The van der Waals surface area contributed by atoms with E-state index in [-0.39, 0.29) is 5.75 Å². The normalized spacial score (nSPS) is 12.1. The number of carboxylic acid groups (broad SMARTS) is 1. The van der Waals surface area contributed by atoms with E-state index in [2.05, 4.69) is 19.9 Å². The first-order chi connectivity index (χ1) is 14.0. The van der Waals surface area contributed by atoms with E-state index in [4.69, 9.17) is 9.94 Å². The van der Waals surface area contributed by atoms with Crippen LogP contribution in [-0.2, 0) is 20.6 Å². The van der Waals surface area contributed by atoms with Gasteiger partial charge in [0.2, 0.25) is 5.16 Å². The third-order valence-electron chi connectivity index (χ3n) is 3.84. The molecule has 1 atom stereocenters. The molecule has 0 aliphatic heterocycles. The molecule has 1 unspecified atom stereocenters. The van der Waals surface area contributed by atoms with Gasteiger partial charge >= 0.3 is 5.97 Å². The number of H-pyrrole nitrogens is 1. The predicted octanol–water partition coefficient (Wildman–Crippen LogP) is 1.31. The minimum atomic E-state index is -1.29. The van der Waals surface area contributed by atoms with Crippen LogP contribution in [0.15, 0.2) is 52.5 Å². The maximum Gasteiger partial charge on any atom is 0.313 e. The Hall–Kier alpha value is -2.57. The summed E-state index contributed by atoms with van der Waals surface area (Å²) in [5.41, 5.74) is 4.96. The van der Waals surface area contributed by atoms with Crippen LogP contribution in [0.2, 0.25) is 0 Å². The van der Waals surface area contributed by atoms with Gasteiger partial charge in [0.25, 0.3) is 0 Å². The molecular formula is C18H20N5O4S2+. The van der Waals surface area contributed by atoms with E-state index in [1.165, 1.54) is 0 Å². The molecule has 0 bridgehead atoms. The lowest BCUT2D eigenvalue weighted by Crippen LogP contribution is -2.75. The van der Waals surface area contributed by atoms with Crippen molar-refractivity contribution in [3.8, 4) is 22.5 Å². The van der Waals surface area contributed by atoms with Gasteiger partial charge in [-0.3, -0.25) is 9.89 Å². The smallest absolute Gasteiger partial charge is 0.313 e. The number of hydrogen-bond acceptors (Lipinski definition) is 6. The third kappa shape index (κ3) is 5.49. The fourth-order valence-corrected chi connectivity index (χ4v) is 3.82. The van der Waals surface area contributed by atoms with E-state index in [0.29, 0.717) is 15.9 Å². The van der Waals surface area contributed by atoms with Crippen molar-refractivity contribution >= 4 is 34.4 Å². The van der Waals surface area contributed by atoms with Crippen molar-refractivity contribution in [2.24, 2.45) is 0 Å². The summed E-state index contributed by atoms with van der Waals surface area (Å²) in [5, 5.41) is 16.1. The molecule has 29 heavy (non-hydrogen) atoms. The number of carbonyl (C=O) groups is 1. The first kappa shape index (κ1) is 21.1. The van der Waals surface area contributed by atoms with Gasteiger partial charge in [0.1, 0.15) is 11.0 Å². The summed E-state index contributed by atoms with van der Waals surface area (Å²) in [6, 6.07) is 13.2. The largest absolute Gasteiger partial charge is 0.481 e. The van der Waals surface area contributed by atoms with E-state index in [0.717, 1.165) is 34.1 Å². The van der Waals surface area contributed by atoms with Crippen LogP contribution in [-0.4, -0.2) is 50.4 Å². The molecule has 3 aromatic rings. The average molecular weight is 435 g/mol. The zero-order valence-electron chi connectivity index (χ0n) is 15.7. The Labute approximate surface area is 173 Å². The Morgan fingerprint density at radius 1 is 1.28 bits per heavy atom. The zero-order chi connectivity index (χ0) is 20.8. The Morgan fingerprint density at radius 3 is 2.79 bits per heavy atom. The topological polar surface area (TPSA) is 134 Å². The number of nitrogens with zero attached hydrogens (tertiary/aromatic N) is 2. The van der Waals surface area contributed by atoms with Gasteiger partial charge in [-0.25, -0.2) is 18.8 Å². The number of rotatable bonds is 9. The molecule has 0 radical (unpaired) electrons. The molecule has 11 heteroatoms. The number of aromatic nitrogens is 3. The van der Waals surface area contributed by atoms with Gasteiger partial charge in [0.05, 0.1) is 17.8 Å². The van der Waals surface area contributed by atoms with Gasteiger partial charge in [-0.05, 0) is 36.4 Å². The Balaban J connectivity index is 1.99. The molecule has 9 nitrogen and oxygen atoms in total. The number of aliphatic carboxylic acids is 1. The molecule has 3 rings (SSSR count). The predicted molar refractivity (Wildman–Crippen MR) is 110 cm³/mol. The van der Waals surface area contributed by atoms with Crippen LogP contribution in [0.5, 0.6) is 0 Å². The maximum absolute atomic E-state index is 12.1. The van der Waals surface area contributed by atoms with Crippen LogP contribution < -0.4 is 10.2 Å². The van der Waals surface area contributed by atoms with Crippen molar-refractivity contribution in [1.29, 1.82) is 0 Å². The van der Waals surface area contributed by atoms with Crippen LogP contribution in [0.25, 0.3) is 22.5 Å². The third-order valence-corrected chi connectivity index (χ3v) is 5.72. The summed E-state index contributed by atoms with van der Waals surface area (Å²) in [5.74, 6) is -0.533. The molecule has 0 aliphatic carbocycles. The van der Waals surface area contributed by atoms with Crippen LogP contribution >= 0.6 is 11.8 Å². The minimum absolute atomic E-state index is 0.116. The summed E-state index contributed by atoms with van der Waals surface area (Å²) in [7, 11) is 1.92. The molecule has 2 aromatic carbocycles. The highest BCUT2D eigenvalue weighted by atomic mass is 32.2. The summed E-state index contributed by atoms with van der Waals surface area (Å²) in [4.78, 5) is 20.9. The summed E-state index contributed by atoms with van der Waals surface area (Å²) in [6.45, 7) is 0. The van der Waals surface area contributed by atoms with Crippen molar-refractivity contribution in [2.45, 2.75) is 10.1 Å². The van der Waals surface area contributed by atoms with Crippen LogP contribution in [0.1, 0.15) is 0 Å². The van der Waals surface area contributed by atoms with E-state index in [1.54, 1.807) is 25.7 Å². The number of quaternary nitrogens is 1. The van der Waals surface area contributed by atoms with Crippen LogP contribution in [0.4, 0.5) is 5.69 Å². The SMILES string of the molecule is CNS(=O)c1cccc(-c2cc([NH2+]OC)cc(-c3nc(SCC(=O)O)n[nH]3)c2)c1. The van der Waals surface area contributed by atoms with E-state index in [1.807, 2.05) is 36.4 Å². The number of aromatic amines is 1. The second-order valence-corrected chi connectivity index (χ2v) is 8.21. The summed E-state index contributed by atoms with van der Waals surface area (Å²) in [6.07, 6.45) is 0. The average Bonchev–Trinajstić information content (AvgIpc) is 3.21. The van der Waals surface area contributed by atoms with Gasteiger partial charge in [-0.2, -0.15) is 5.48 Å². The number of nitrogens with one attached hydrogen (secondary N) is 2. The van der Waals surface area contributed by atoms with Gasteiger partial charge < -0.3 is 5.11 Å². The number of nitrogens with two attached hydrogens (primary N) is 1. The zero-order valence-corrected chi connectivity index (χ0v) is 17.3. The highest BCUT2D eigenvalue weighted by molar-refractivity contribution is 7.99. The van der Waals surface area contributed by atoms with E-state index < -0.39 is 17.0 Å². The van der Waals surface area contributed by atoms with Crippen molar-refractivity contribution in [3.05, 3.63) is 42.5 Å². The minimum Gasteiger partial charge on any atom is -0.481 e. The lowest BCUT2D eigenvalue weighted by molar-refractivity contribution is -0.830. The molecular weight excluding hydrogens is 414 g/mol. The van der Waals surface area contributed by atoms with Crippen molar-refractivity contribution in [1.82, 2.24) is 19.9 Å². The number of hydrogen-bond donors (Lipinski definition) is 4. The maximum atomic E-state index is 12.1. The summed E-state index contributed by atoms with van der Waals surface area (Å²) >= 11 is 1.04. The van der Waals surface area contributed by atoms with Gasteiger partial charge in [0, 0.05) is 17.7 Å². The Morgan fingerprint density at radius 2 is 2.07 bits per heavy atom. The molecule has 1 heterocycles. The quantitative estimate of drug-likeness (QED) is 0.227. The second-order valence-electron chi connectivity index (χ2n) is 5.85. The van der Waals surface area contributed by atoms with Crippen molar-refractivity contribution in [3.63, 3.8) is 0 Å². The van der Waals surface area contributed by atoms with E-state index >= 15 is 0 Å². The first-order valence-electron chi connectivity index (χ1n) is 8.48. The van der Waals surface area contributed by atoms with Crippen LogP contribution in [0, 0.1) is 0 Å². The molecule has 0 saturated heterocycles. The standard InChI is InChI=1S/C18H19N5O4S2/c1-19-29(26)15-5-3-4-11(9-15)12-6-13(8-14(7-12)23-27-2)17-20-18(22-21-17)28-10-16(24)25/h3-9,19,23H,10H2,1-2H3,(H,24,25)(H,20,21,22)/p+1. The molecule has 0 fully saturated rings. The lowest BCUT2D eigenvalue weighted by Gasteiger charge is -2.08. The van der Waals surface area contributed by atoms with E-state index in [9.17, 15) is 9.00 Å². The highest BCUT2D eigenvalue weighted by Crippen LogP contribution is 2.29. The van der Waals surface area contributed by atoms with Gasteiger partial charge in [-0.15, -0.1) is 5.10 Å². The fraction of sp³-hybridized carbons (Fsp3) is 0.167. The summed E-state index contributed by atoms with van der Waals surface area (Å²) < 4.78 is 14.8. The number of carboxylic acids is 1. The highest BCUT2D eigenvalue weighted by Gasteiger charge is 2.13. The Bertz CT molecular complexity index is 1040. The first-order valence-corrected chi connectivity index (χ1v) is 10.6. The monoisotopic (exact) mass is 434 g/mol. The van der Waals surface area contributed by atoms with Crippen LogP contribution in [0.3, 0.4) is 0 Å². The molecule has 0 aliphatic rings. The molecule has 1 aromatic heterocycles. The number of benzene rings is 2. The molecule has 0 spiro atoms. The van der Waals surface area contributed by atoms with Crippen molar-refractivity contribution < 1.29 is 24.4 Å². The lowest BCUT2D eigenvalue weighted by atomic mass is 10.0.